The SMILES string of the molecule is COCCN(CCC(N)=NO)c1ncnc2c1CCC2. The second-order valence-corrected chi connectivity index (χ2v) is 4.80. The molecule has 20 heavy (non-hydrogen) atoms. The van der Waals surface area contributed by atoms with E-state index in [-0.39, 0.29) is 5.84 Å². The predicted molar refractivity (Wildman–Crippen MR) is 76.2 cm³/mol. The Balaban J connectivity index is 2.15. The minimum absolute atomic E-state index is 0.220. The smallest absolute Gasteiger partial charge is 0.140 e. The van der Waals surface area contributed by atoms with Gasteiger partial charge in [-0.1, -0.05) is 5.16 Å². The first kappa shape index (κ1) is 14.5. The number of ether oxygens (including phenoxy) is 1. The lowest BCUT2D eigenvalue weighted by Gasteiger charge is -2.25. The highest BCUT2D eigenvalue weighted by atomic mass is 16.5. The first-order valence-electron chi connectivity index (χ1n) is 6.79. The van der Waals surface area contributed by atoms with Crippen LogP contribution in [0.15, 0.2) is 11.5 Å². The van der Waals surface area contributed by atoms with Crippen LogP contribution in [-0.4, -0.2) is 47.8 Å². The van der Waals surface area contributed by atoms with Crippen molar-refractivity contribution in [2.24, 2.45) is 10.9 Å². The van der Waals surface area contributed by atoms with E-state index in [0.29, 0.717) is 19.6 Å². The summed E-state index contributed by atoms with van der Waals surface area (Å²) in [4.78, 5) is 10.9. The van der Waals surface area contributed by atoms with Crippen molar-refractivity contribution in [1.82, 2.24) is 9.97 Å². The average Bonchev–Trinajstić information content (AvgIpc) is 2.95. The van der Waals surface area contributed by atoms with Crippen LogP contribution in [0.5, 0.6) is 0 Å². The Morgan fingerprint density at radius 1 is 1.45 bits per heavy atom. The number of methoxy groups -OCH3 is 1. The number of hydrogen-bond donors (Lipinski definition) is 2. The molecule has 3 N–H and O–H groups in total. The maximum absolute atomic E-state index is 8.64. The maximum atomic E-state index is 8.64. The van der Waals surface area contributed by atoms with E-state index in [4.69, 9.17) is 15.7 Å². The summed E-state index contributed by atoms with van der Waals surface area (Å²) >= 11 is 0. The van der Waals surface area contributed by atoms with Gasteiger partial charge in [-0.15, -0.1) is 0 Å². The fourth-order valence-corrected chi connectivity index (χ4v) is 2.44. The van der Waals surface area contributed by atoms with Crippen molar-refractivity contribution < 1.29 is 9.94 Å². The highest BCUT2D eigenvalue weighted by Crippen LogP contribution is 2.27. The van der Waals surface area contributed by atoms with Gasteiger partial charge in [0, 0.05) is 37.9 Å². The van der Waals surface area contributed by atoms with Gasteiger partial charge in [-0.3, -0.25) is 0 Å². The summed E-state index contributed by atoms with van der Waals surface area (Å²) < 4.78 is 5.15. The molecule has 0 amide bonds. The molecule has 0 saturated heterocycles. The van der Waals surface area contributed by atoms with Crippen molar-refractivity contribution in [3.63, 3.8) is 0 Å². The van der Waals surface area contributed by atoms with Crippen molar-refractivity contribution >= 4 is 11.7 Å². The molecule has 1 aliphatic rings. The van der Waals surface area contributed by atoms with E-state index in [9.17, 15) is 0 Å². The van der Waals surface area contributed by atoms with E-state index < -0.39 is 0 Å². The molecule has 0 fully saturated rings. The fraction of sp³-hybridized carbons (Fsp3) is 0.615. The third-order valence-corrected chi connectivity index (χ3v) is 3.48. The predicted octanol–water partition coefficient (Wildman–Crippen LogP) is 0.555. The van der Waals surface area contributed by atoms with Crippen LogP contribution in [0, 0.1) is 0 Å². The molecule has 0 atom stereocenters. The molecule has 0 spiro atoms. The molecule has 0 saturated carbocycles. The molecular formula is C13H21N5O2. The molecule has 0 aromatic carbocycles. The van der Waals surface area contributed by atoms with Crippen molar-refractivity contribution in [2.45, 2.75) is 25.7 Å². The van der Waals surface area contributed by atoms with E-state index in [1.807, 2.05) is 0 Å². The molecule has 0 unspecified atom stereocenters. The quantitative estimate of drug-likeness (QED) is 0.327. The first-order valence-corrected chi connectivity index (χ1v) is 6.79. The van der Waals surface area contributed by atoms with Crippen LogP contribution in [0.3, 0.4) is 0 Å². The summed E-state index contributed by atoms with van der Waals surface area (Å²) in [6.07, 6.45) is 5.25. The van der Waals surface area contributed by atoms with Gasteiger partial charge in [0.05, 0.1) is 6.61 Å². The summed E-state index contributed by atoms with van der Waals surface area (Å²) in [6, 6.07) is 0. The second kappa shape index (κ2) is 7.04. The summed E-state index contributed by atoms with van der Waals surface area (Å²) in [5.74, 6) is 1.17. The van der Waals surface area contributed by atoms with Crippen LogP contribution in [-0.2, 0) is 17.6 Å². The Labute approximate surface area is 118 Å². The Morgan fingerprint density at radius 2 is 2.30 bits per heavy atom. The number of anilines is 1. The molecule has 0 aliphatic heterocycles. The van der Waals surface area contributed by atoms with Crippen molar-refractivity contribution in [3.05, 3.63) is 17.6 Å². The van der Waals surface area contributed by atoms with Crippen LogP contribution in [0.4, 0.5) is 5.82 Å². The molecule has 1 aromatic heterocycles. The average molecular weight is 279 g/mol. The van der Waals surface area contributed by atoms with Gasteiger partial charge < -0.3 is 20.6 Å². The Morgan fingerprint density at radius 3 is 3.05 bits per heavy atom. The van der Waals surface area contributed by atoms with Gasteiger partial charge in [0.1, 0.15) is 18.0 Å². The molecule has 0 radical (unpaired) electrons. The lowest BCUT2D eigenvalue weighted by atomic mass is 10.2. The fourth-order valence-electron chi connectivity index (χ4n) is 2.44. The van der Waals surface area contributed by atoms with Crippen molar-refractivity contribution in [1.29, 1.82) is 0 Å². The minimum atomic E-state index is 0.220. The number of hydrogen-bond acceptors (Lipinski definition) is 6. The van der Waals surface area contributed by atoms with Crippen LogP contribution in [0.1, 0.15) is 24.1 Å². The van der Waals surface area contributed by atoms with Crippen LogP contribution in [0.25, 0.3) is 0 Å². The van der Waals surface area contributed by atoms with Crippen molar-refractivity contribution in [3.8, 4) is 0 Å². The van der Waals surface area contributed by atoms with E-state index in [0.717, 1.165) is 37.3 Å². The number of fused-ring (bicyclic) bond motifs is 1. The van der Waals surface area contributed by atoms with Gasteiger partial charge in [0.25, 0.3) is 0 Å². The van der Waals surface area contributed by atoms with Gasteiger partial charge in [-0.05, 0) is 19.3 Å². The maximum Gasteiger partial charge on any atom is 0.140 e. The normalized spacial score (nSPS) is 14.3. The van der Waals surface area contributed by atoms with Gasteiger partial charge in [0.15, 0.2) is 0 Å². The van der Waals surface area contributed by atoms with E-state index >= 15 is 0 Å². The molecule has 110 valence electrons. The number of nitrogens with zero attached hydrogens (tertiary/aromatic N) is 4. The Bertz CT molecular complexity index is 478. The van der Waals surface area contributed by atoms with Gasteiger partial charge >= 0.3 is 0 Å². The highest BCUT2D eigenvalue weighted by Gasteiger charge is 2.21. The molecule has 1 aromatic rings. The van der Waals surface area contributed by atoms with Crippen LogP contribution < -0.4 is 10.6 Å². The lowest BCUT2D eigenvalue weighted by molar-refractivity contribution is 0.205. The minimum Gasteiger partial charge on any atom is -0.409 e. The first-order chi connectivity index (χ1) is 9.76. The zero-order valence-corrected chi connectivity index (χ0v) is 11.7. The summed E-state index contributed by atoms with van der Waals surface area (Å²) in [5.41, 5.74) is 7.92. The van der Waals surface area contributed by atoms with Gasteiger partial charge in [-0.2, -0.15) is 0 Å². The molecule has 7 nitrogen and oxygen atoms in total. The molecule has 2 rings (SSSR count). The number of rotatable bonds is 7. The standard InChI is InChI=1S/C13H21N5O2/c1-20-8-7-18(6-5-12(14)17-19)13-10-3-2-4-11(10)15-9-16-13/h9,19H,2-8H2,1H3,(H2,14,17). The molecule has 0 bridgehead atoms. The number of aryl methyl sites for hydroxylation is 1. The summed E-state index contributed by atoms with van der Waals surface area (Å²) in [7, 11) is 1.67. The van der Waals surface area contributed by atoms with Gasteiger partial charge in [-0.25, -0.2) is 9.97 Å². The molecule has 1 aliphatic carbocycles. The third kappa shape index (κ3) is 3.36. The number of oxime groups is 1. The second-order valence-electron chi connectivity index (χ2n) is 4.80. The number of aromatic nitrogens is 2. The van der Waals surface area contributed by atoms with E-state index in [1.54, 1.807) is 13.4 Å². The summed E-state index contributed by atoms with van der Waals surface area (Å²) in [6.45, 7) is 1.97. The van der Waals surface area contributed by atoms with E-state index in [1.165, 1.54) is 5.56 Å². The molecule has 7 heteroatoms. The van der Waals surface area contributed by atoms with Crippen molar-refractivity contribution in [2.75, 3.05) is 31.7 Å². The lowest BCUT2D eigenvalue weighted by Crippen LogP contribution is -2.32. The Hall–Kier alpha value is -1.89. The zero-order chi connectivity index (χ0) is 14.4. The third-order valence-electron chi connectivity index (χ3n) is 3.48. The van der Waals surface area contributed by atoms with Crippen LogP contribution in [0.2, 0.25) is 0 Å². The topological polar surface area (TPSA) is 96.9 Å². The molecular weight excluding hydrogens is 258 g/mol. The monoisotopic (exact) mass is 279 g/mol. The van der Waals surface area contributed by atoms with Crippen LogP contribution >= 0.6 is 0 Å². The molecule has 1 heterocycles. The Kier molecular flexibility index (Phi) is 5.11. The largest absolute Gasteiger partial charge is 0.409 e. The highest BCUT2D eigenvalue weighted by molar-refractivity contribution is 5.80. The zero-order valence-electron chi connectivity index (χ0n) is 11.7. The number of nitrogens with two attached hydrogens (primary N) is 1. The van der Waals surface area contributed by atoms with E-state index in [2.05, 4.69) is 20.0 Å². The number of amidine groups is 1. The summed E-state index contributed by atoms with van der Waals surface area (Å²) in [5, 5.41) is 11.7. The van der Waals surface area contributed by atoms with Gasteiger partial charge in [0.2, 0.25) is 0 Å².